The SMILES string of the molecule is CN1C(C(=O)Nc2ccc(F)c(Cl)c2)CC(C(=O)NC2CC3CCC2C3)NS1(=O)=O. The van der Waals surface area contributed by atoms with Gasteiger partial charge in [-0.15, -0.1) is 0 Å². The Morgan fingerprint density at radius 3 is 2.60 bits per heavy atom. The molecule has 3 N–H and O–H groups in total. The van der Waals surface area contributed by atoms with Gasteiger partial charge in [-0.05, 0) is 55.7 Å². The molecule has 11 heteroatoms. The van der Waals surface area contributed by atoms with Gasteiger partial charge in [0.1, 0.15) is 17.9 Å². The first-order valence-electron chi connectivity index (χ1n) is 9.95. The third kappa shape index (κ3) is 4.18. The number of anilines is 1. The molecule has 4 rings (SSSR count). The first kappa shape index (κ1) is 21.5. The summed E-state index contributed by atoms with van der Waals surface area (Å²) in [6.45, 7) is 0. The molecule has 3 fully saturated rings. The highest BCUT2D eigenvalue weighted by Gasteiger charge is 2.45. The van der Waals surface area contributed by atoms with Crippen LogP contribution in [0.1, 0.15) is 32.1 Å². The molecule has 5 unspecified atom stereocenters. The quantitative estimate of drug-likeness (QED) is 0.637. The smallest absolute Gasteiger partial charge is 0.280 e. The number of nitrogens with one attached hydrogen (secondary N) is 3. The monoisotopic (exact) mass is 458 g/mol. The van der Waals surface area contributed by atoms with Crippen LogP contribution in [-0.4, -0.2) is 49.7 Å². The van der Waals surface area contributed by atoms with E-state index in [-0.39, 0.29) is 23.2 Å². The van der Waals surface area contributed by atoms with E-state index in [0.717, 1.165) is 29.6 Å². The zero-order chi connectivity index (χ0) is 21.6. The van der Waals surface area contributed by atoms with Crippen LogP contribution in [0, 0.1) is 17.7 Å². The van der Waals surface area contributed by atoms with Crippen molar-refractivity contribution >= 4 is 39.3 Å². The first-order chi connectivity index (χ1) is 14.1. The Bertz CT molecular complexity index is 975. The topological polar surface area (TPSA) is 108 Å². The van der Waals surface area contributed by atoms with E-state index in [4.69, 9.17) is 11.6 Å². The molecule has 2 bridgehead atoms. The van der Waals surface area contributed by atoms with E-state index in [1.165, 1.54) is 25.6 Å². The van der Waals surface area contributed by atoms with Crippen LogP contribution in [0.3, 0.4) is 0 Å². The molecule has 0 spiro atoms. The van der Waals surface area contributed by atoms with E-state index in [1.807, 2.05) is 0 Å². The molecule has 0 aromatic heterocycles. The number of fused-ring (bicyclic) bond motifs is 2. The van der Waals surface area contributed by atoms with Crippen molar-refractivity contribution in [3.8, 4) is 0 Å². The number of halogens is 2. The van der Waals surface area contributed by atoms with Crippen molar-refractivity contribution in [1.29, 1.82) is 0 Å². The van der Waals surface area contributed by atoms with Crippen LogP contribution in [0.15, 0.2) is 18.2 Å². The number of likely N-dealkylation sites (N-methyl/N-ethyl adjacent to an activating group) is 1. The summed E-state index contributed by atoms with van der Waals surface area (Å²) in [4.78, 5) is 25.6. The van der Waals surface area contributed by atoms with Crippen LogP contribution >= 0.6 is 11.6 Å². The molecule has 1 aromatic carbocycles. The summed E-state index contributed by atoms with van der Waals surface area (Å²) < 4.78 is 41.6. The number of hydrogen-bond donors (Lipinski definition) is 3. The average molecular weight is 459 g/mol. The standard InChI is InChI=1S/C19H24ClFN4O4S/c1-25-17(19(27)22-12-4-5-14(21)13(20)8-12)9-16(24-30(25,28)29)18(26)23-15-7-10-2-3-11(15)6-10/h4-5,8,10-11,15-17,24H,2-3,6-7,9H2,1H3,(H,22,27)(H,23,26). The molecule has 2 aliphatic carbocycles. The number of nitrogens with zero attached hydrogens (tertiary/aromatic N) is 1. The molecule has 2 amide bonds. The number of carbonyl (C=O) groups excluding carboxylic acids is 2. The number of rotatable bonds is 4. The van der Waals surface area contributed by atoms with Gasteiger partial charge in [0.05, 0.1) is 5.02 Å². The molecular formula is C19H24ClFN4O4S. The fourth-order valence-electron chi connectivity index (χ4n) is 4.79. The molecular weight excluding hydrogens is 435 g/mol. The van der Waals surface area contributed by atoms with E-state index >= 15 is 0 Å². The molecule has 5 atom stereocenters. The van der Waals surface area contributed by atoms with Crippen LogP contribution in [-0.2, 0) is 19.8 Å². The number of amides is 2. The van der Waals surface area contributed by atoms with Gasteiger partial charge in [-0.2, -0.15) is 17.4 Å². The van der Waals surface area contributed by atoms with Crippen molar-refractivity contribution in [1.82, 2.24) is 14.3 Å². The van der Waals surface area contributed by atoms with Gasteiger partial charge >= 0.3 is 0 Å². The summed E-state index contributed by atoms with van der Waals surface area (Å²) in [6.07, 6.45) is 4.27. The lowest BCUT2D eigenvalue weighted by molar-refractivity contribution is -0.125. The molecule has 164 valence electrons. The fraction of sp³-hybridized carbons (Fsp3) is 0.579. The van der Waals surface area contributed by atoms with Crippen molar-refractivity contribution < 1.29 is 22.4 Å². The van der Waals surface area contributed by atoms with Crippen LogP contribution in [0.25, 0.3) is 0 Å². The van der Waals surface area contributed by atoms with E-state index < -0.39 is 39.9 Å². The summed E-state index contributed by atoms with van der Waals surface area (Å²) >= 11 is 5.73. The normalized spacial score (nSPS) is 32.7. The first-order valence-corrected chi connectivity index (χ1v) is 11.8. The number of hydrogen-bond acceptors (Lipinski definition) is 4. The Balaban J connectivity index is 1.46. The summed E-state index contributed by atoms with van der Waals surface area (Å²) in [6, 6.07) is 1.59. The second-order valence-electron chi connectivity index (χ2n) is 8.35. The van der Waals surface area contributed by atoms with Gasteiger partial charge < -0.3 is 10.6 Å². The average Bonchev–Trinajstić information content (AvgIpc) is 3.29. The van der Waals surface area contributed by atoms with Crippen LogP contribution in [0.5, 0.6) is 0 Å². The highest BCUT2D eigenvalue weighted by Crippen LogP contribution is 2.44. The van der Waals surface area contributed by atoms with Crippen molar-refractivity contribution in [3.05, 3.63) is 29.0 Å². The minimum absolute atomic E-state index is 0.0247. The molecule has 30 heavy (non-hydrogen) atoms. The highest BCUT2D eigenvalue weighted by atomic mass is 35.5. The summed E-state index contributed by atoms with van der Waals surface area (Å²) in [5, 5.41) is 5.36. The minimum Gasteiger partial charge on any atom is -0.352 e. The lowest BCUT2D eigenvalue weighted by Gasteiger charge is -2.36. The van der Waals surface area contributed by atoms with Gasteiger partial charge in [0.25, 0.3) is 10.2 Å². The Morgan fingerprint density at radius 2 is 1.97 bits per heavy atom. The van der Waals surface area contributed by atoms with Gasteiger partial charge in [-0.3, -0.25) is 9.59 Å². The molecule has 1 aliphatic heterocycles. The van der Waals surface area contributed by atoms with Crippen molar-refractivity contribution in [3.63, 3.8) is 0 Å². The van der Waals surface area contributed by atoms with Crippen molar-refractivity contribution in [2.45, 2.75) is 50.2 Å². The molecule has 1 heterocycles. The van der Waals surface area contributed by atoms with E-state index in [0.29, 0.717) is 11.8 Å². The molecule has 1 aromatic rings. The van der Waals surface area contributed by atoms with E-state index in [1.54, 1.807) is 0 Å². The molecule has 8 nitrogen and oxygen atoms in total. The lowest BCUT2D eigenvalue weighted by atomic mass is 9.95. The Hall–Kier alpha value is -1.75. The third-order valence-corrected chi connectivity index (χ3v) is 8.32. The fourth-order valence-corrected chi connectivity index (χ4v) is 6.21. The maximum Gasteiger partial charge on any atom is 0.280 e. The van der Waals surface area contributed by atoms with Crippen molar-refractivity contribution in [2.75, 3.05) is 12.4 Å². The Kier molecular flexibility index (Phi) is 5.78. The molecule has 0 radical (unpaired) electrons. The second-order valence-corrected chi connectivity index (χ2v) is 10.5. The Labute approximate surface area is 179 Å². The Morgan fingerprint density at radius 1 is 1.20 bits per heavy atom. The number of benzene rings is 1. The van der Waals surface area contributed by atoms with Crippen LogP contribution < -0.4 is 15.4 Å². The maximum absolute atomic E-state index is 13.3. The molecule has 3 aliphatic rings. The van der Waals surface area contributed by atoms with Gasteiger partial charge in [-0.25, -0.2) is 4.39 Å². The largest absolute Gasteiger partial charge is 0.352 e. The summed E-state index contributed by atoms with van der Waals surface area (Å²) in [5.74, 6) is -0.580. The second kappa shape index (κ2) is 8.07. The van der Waals surface area contributed by atoms with Gasteiger partial charge in [0.15, 0.2) is 0 Å². The zero-order valence-corrected chi connectivity index (χ0v) is 18.0. The van der Waals surface area contributed by atoms with E-state index in [2.05, 4.69) is 15.4 Å². The summed E-state index contributed by atoms with van der Waals surface area (Å²) in [5.41, 5.74) is 0.235. The predicted molar refractivity (Wildman–Crippen MR) is 109 cm³/mol. The minimum atomic E-state index is -4.03. The maximum atomic E-state index is 13.3. The van der Waals surface area contributed by atoms with E-state index in [9.17, 15) is 22.4 Å². The zero-order valence-electron chi connectivity index (χ0n) is 16.4. The van der Waals surface area contributed by atoms with Crippen LogP contribution in [0.4, 0.5) is 10.1 Å². The number of carbonyl (C=O) groups is 2. The molecule has 2 saturated carbocycles. The third-order valence-electron chi connectivity index (χ3n) is 6.44. The summed E-state index contributed by atoms with van der Waals surface area (Å²) in [7, 11) is -2.75. The lowest BCUT2D eigenvalue weighted by Crippen LogP contribution is -2.63. The van der Waals surface area contributed by atoms with Crippen molar-refractivity contribution in [2.24, 2.45) is 11.8 Å². The van der Waals surface area contributed by atoms with Gasteiger partial charge in [0.2, 0.25) is 11.8 Å². The molecule has 1 saturated heterocycles. The van der Waals surface area contributed by atoms with Gasteiger partial charge in [-0.1, -0.05) is 18.0 Å². The predicted octanol–water partition coefficient (Wildman–Crippen LogP) is 1.63. The van der Waals surface area contributed by atoms with Crippen LogP contribution in [0.2, 0.25) is 5.02 Å². The van der Waals surface area contributed by atoms with Gasteiger partial charge in [0, 0.05) is 18.8 Å². The highest BCUT2D eigenvalue weighted by molar-refractivity contribution is 7.87.